The van der Waals surface area contributed by atoms with Crippen molar-refractivity contribution >= 4 is 28.2 Å². The van der Waals surface area contributed by atoms with E-state index in [1.807, 2.05) is 38.1 Å². The molecule has 0 unspecified atom stereocenters. The number of nitrogens with one attached hydrogen (secondary N) is 1. The lowest BCUT2D eigenvalue weighted by molar-refractivity contribution is -0.115. The van der Waals surface area contributed by atoms with E-state index in [1.165, 1.54) is 11.3 Å². The molecule has 2 aromatic rings. The number of rotatable bonds is 6. The number of primary amides is 1. The molecule has 0 aliphatic heterocycles. The van der Waals surface area contributed by atoms with Crippen molar-refractivity contribution in [2.75, 3.05) is 12.4 Å². The molecule has 23 heavy (non-hydrogen) atoms. The van der Waals surface area contributed by atoms with Crippen LogP contribution in [0.2, 0.25) is 0 Å². The van der Waals surface area contributed by atoms with Crippen molar-refractivity contribution in [3.8, 4) is 5.75 Å². The molecule has 0 saturated carbocycles. The van der Waals surface area contributed by atoms with E-state index in [9.17, 15) is 9.59 Å². The van der Waals surface area contributed by atoms with E-state index in [4.69, 9.17) is 10.5 Å². The first-order chi connectivity index (χ1) is 11.0. The molecule has 1 aromatic carbocycles. The molecule has 2 amide bonds. The van der Waals surface area contributed by atoms with Crippen molar-refractivity contribution in [2.24, 2.45) is 5.73 Å². The monoisotopic (exact) mass is 332 g/mol. The maximum absolute atomic E-state index is 12.2. The molecule has 0 aliphatic carbocycles. The number of nitrogens with two attached hydrogens (primary N) is 1. The molecule has 0 fully saturated rings. The van der Waals surface area contributed by atoms with Gasteiger partial charge in [-0.25, -0.2) is 0 Å². The van der Waals surface area contributed by atoms with E-state index < -0.39 is 5.91 Å². The first kappa shape index (κ1) is 17.0. The molecule has 5 nitrogen and oxygen atoms in total. The zero-order valence-electron chi connectivity index (χ0n) is 13.4. The molecule has 6 heteroatoms. The normalized spacial score (nSPS) is 10.4. The molecule has 0 spiro atoms. The summed E-state index contributed by atoms with van der Waals surface area (Å²) in [7, 11) is 1.59. The van der Waals surface area contributed by atoms with Crippen molar-refractivity contribution in [2.45, 2.75) is 26.7 Å². The quantitative estimate of drug-likeness (QED) is 0.853. The number of benzene rings is 1. The van der Waals surface area contributed by atoms with E-state index in [1.54, 1.807) is 7.11 Å². The molecule has 1 aromatic heterocycles. The smallest absolute Gasteiger partial charge is 0.251 e. The third-order valence-corrected chi connectivity index (χ3v) is 4.65. The lowest BCUT2D eigenvalue weighted by Crippen LogP contribution is -2.19. The maximum atomic E-state index is 12.2. The van der Waals surface area contributed by atoms with Gasteiger partial charge in [0.25, 0.3) is 5.91 Å². The van der Waals surface area contributed by atoms with E-state index in [2.05, 4.69) is 5.32 Å². The summed E-state index contributed by atoms with van der Waals surface area (Å²) >= 11 is 1.39. The molecular formula is C17H20N2O3S. The summed E-state index contributed by atoms with van der Waals surface area (Å²) < 4.78 is 5.09. The van der Waals surface area contributed by atoms with Crippen LogP contribution in [-0.2, 0) is 17.6 Å². The van der Waals surface area contributed by atoms with Crippen LogP contribution in [0.25, 0.3) is 0 Å². The van der Waals surface area contributed by atoms with Gasteiger partial charge in [-0.3, -0.25) is 9.59 Å². The van der Waals surface area contributed by atoms with Gasteiger partial charge >= 0.3 is 0 Å². The van der Waals surface area contributed by atoms with Crippen LogP contribution in [0.4, 0.5) is 5.00 Å². The van der Waals surface area contributed by atoms with Gasteiger partial charge in [0.05, 0.1) is 19.1 Å². The Hall–Kier alpha value is -2.34. The molecule has 3 N–H and O–H groups in total. The summed E-state index contributed by atoms with van der Waals surface area (Å²) in [5.41, 5.74) is 7.67. The number of ether oxygens (including phenoxy) is 1. The molecule has 0 saturated heterocycles. The third-order valence-electron chi connectivity index (χ3n) is 3.59. The van der Waals surface area contributed by atoms with Gasteiger partial charge in [0.15, 0.2) is 0 Å². The minimum absolute atomic E-state index is 0.179. The predicted octanol–water partition coefficient (Wildman–Crippen LogP) is 2.91. The largest absolute Gasteiger partial charge is 0.497 e. The Morgan fingerprint density at radius 2 is 1.91 bits per heavy atom. The summed E-state index contributed by atoms with van der Waals surface area (Å²) in [4.78, 5) is 24.9. The van der Waals surface area contributed by atoms with Crippen LogP contribution < -0.4 is 15.8 Å². The van der Waals surface area contributed by atoms with Crippen molar-refractivity contribution in [3.63, 3.8) is 0 Å². The number of hydrogen-bond acceptors (Lipinski definition) is 4. The Labute approximate surface area is 139 Å². The Bertz CT molecular complexity index is 720. The first-order valence-electron chi connectivity index (χ1n) is 7.31. The summed E-state index contributed by atoms with van der Waals surface area (Å²) in [6, 6.07) is 7.29. The Balaban J connectivity index is 2.15. The number of thiophene rings is 1. The van der Waals surface area contributed by atoms with Crippen LogP contribution in [-0.4, -0.2) is 18.9 Å². The second-order valence-electron chi connectivity index (χ2n) is 5.13. The number of amides is 2. The van der Waals surface area contributed by atoms with E-state index in [0.717, 1.165) is 21.8 Å². The molecule has 1 heterocycles. The average Bonchev–Trinajstić information content (AvgIpc) is 2.83. The molecule has 0 bridgehead atoms. The van der Waals surface area contributed by atoms with E-state index in [-0.39, 0.29) is 12.3 Å². The van der Waals surface area contributed by atoms with Gasteiger partial charge in [-0.15, -0.1) is 11.3 Å². The van der Waals surface area contributed by atoms with Crippen LogP contribution >= 0.6 is 11.3 Å². The highest BCUT2D eigenvalue weighted by Gasteiger charge is 2.20. The van der Waals surface area contributed by atoms with Gasteiger partial charge in [0.1, 0.15) is 10.8 Å². The summed E-state index contributed by atoms with van der Waals surface area (Å²) in [5, 5.41) is 3.34. The lowest BCUT2D eigenvalue weighted by Gasteiger charge is -2.06. The van der Waals surface area contributed by atoms with Crippen LogP contribution in [0.1, 0.15) is 33.3 Å². The highest BCUT2D eigenvalue weighted by Crippen LogP contribution is 2.33. The predicted molar refractivity (Wildman–Crippen MR) is 92.3 cm³/mol. The first-order valence-corrected chi connectivity index (χ1v) is 8.12. The Morgan fingerprint density at radius 1 is 1.26 bits per heavy atom. The van der Waals surface area contributed by atoms with Crippen molar-refractivity contribution in [1.82, 2.24) is 0 Å². The highest BCUT2D eigenvalue weighted by molar-refractivity contribution is 7.16. The van der Waals surface area contributed by atoms with Crippen LogP contribution in [0.3, 0.4) is 0 Å². The number of hydrogen-bond donors (Lipinski definition) is 2. The van der Waals surface area contributed by atoms with Crippen LogP contribution in [0.5, 0.6) is 5.75 Å². The van der Waals surface area contributed by atoms with Crippen molar-refractivity contribution in [1.29, 1.82) is 0 Å². The standard InChI is InChI=1S/C17H20N2O3S/c1-4-13-10(2)23-17(15(13)16(18)21)19-14(20)9-11-5-7-12(22-3)8-6-11/h5-8H,4,9H2,1-3H3,(H2,18,21)(H,19,20). The number of anilines is 1. The summed E-state index contributed by atoms with van der Waals surface area (Å²) in [5.74, 6) is 0.0548. The fourth-order valence-corrected chi connectivity index (χ4v) is 3.62. The summed E-state index contributed by atoms with van der Waals surface area (Å²) in [6.45, 7) is 3.89. The zero-order valence-corrected chi connectivity index (χ0v) is 14.3. The van der Waals surface area contributed by atoms with Crippen LogP contribution in [0, 0.1) is 6.92 Å². The lowest BCUT2D eigenvalue weighted by atomic mass is 10.1. The zero-order chi connectivity index (χ0) is 17.0. The van der Waals surface area contributed by atoms with Gasteiger partial charge in [-0.05, 0) is 36.6 Å². The highest BCUT2D eigenvalue weighted by atomic mass is 32.1. The molecule has 0 radical (unpaired) electrons. The molecule has 0 atom stereocenters. The second kappa shape index (κ2) is 7.28. The fourth-order valence-electron chi connectivity index (χ4n) is 2.45. The van der Waals surface area contributed by atoms with Gasteiger partial charge in [0, 0.05) is 4.88 Å². The SMILES string of the molecule is CCc1c(C)sc(NC(=O)Cc2ccc(OC)cc2)c1C(N)=O. The second-order valence-corrected chi connectivity index (χ2v) is 6.36. The summed E-state index contributed by atoms with van der Waals surface area (Å²) in [6.07, 6.45) is 0.926. The molecular weight excluding hydrogens is 312 g/mol. The minimum Gasteiger partial charge on any atom is -0.497 e. The minimum atomic E-state index is -0.508. The number of carbonyl (C=O) groups is 2. The number of methoxy groups -OCH3 is 1. The molecule has 0 aliphatic rings. The van der Waals surface area contributed by atoms with Crippen LogP contribution in [0.15, 0.2) is 24.3 Å². The molecule has 122 valence electrons. The van der Waals surface area contributed by atoms with Crippen molar-refractivity contribution in [3.05, 3.63) is 45.8 Å². The van der Waals surface area contributed by atoms with Gasteiger partial charge in [-0.1, -0.05) is 19.1 Å². The topological polar surface area (TPSA) is 81.4 Å². The van der Waals surface area contributed by atoms with E-state index >= 15 is 0 Å². The number of aryl methyl sites for hydroxylation is 1. The van der Waals surface area contributed by atoms with E-state index in [0.29, 0.717) is 17.0 Å². The van der Waals surface area contributed by atoms with Gasteiger partial charge < -0.3 is 15.8 Å². The van der Waals surface area contributed by atoms with Gasteiger partial charge in [0.2, 0.25) is 5.91 Å². The Kier molecular flexibility index (Phi) is 5.39. The average molecular weight is 332 g/mol. The third kappa shape index (κ3) is 3.90. The van der Waals surface area contributed by atoms with Crippen molar-refractivity contribution < 1.29 is 14.3 Å². The number of carbonyl (C=O) groups excluding carboxylic acids is 2. The maximum Gasteiger partial charge on any atom is 0.251 e. The molecule has 2 rings (SSSR count). The van der Waals surface area contributed by atoms with Gasteiger partial charge in [-0.2, -0.15) is 0 Å². The fraction of sp³-hybridized carbons (Fsp3) is 0.294. The Morgan fingerprint density at radius 3 is 2.43 bits per heavy atom.